The summed E-state index contributed by atoms with van der Waals surface area (Å²) in [4.78, 5) is 0. The molecule has 2 aromatic rings. The van der Waals surface area contributed by atoms with Gasteiger partial charge >= 0.3 is 0 Å². The van der Waals surface area contributed by atoms with Gasteiger partial charge < -0.3 is 24.1 Å². The molecule has 3 aliphatic rings. The summed E-state index contributed by atoms with van der Waals surface area (Å²) >= 11 is 0. The molecule has 5 nitrogen and oxygen atoms in total. The molecule has 0 fully saturated rings. The number of aliphatic hydroxyl groups excluding tert-OH is 1. The number of rotatable bonds is 1. The Labute approximate surface area is 146 Å². The van der Waals surface area contributed by atoms with Gasteiger partial charge in [-0.15, -0.1) is 0 Å². The highest BCUT2D eigenvalue weighted by atomic mass is 16.7. The van der Waals surface area contributed by atoms with E-state index in [0.717, 1.165) is 33.9 Å². The van der Waals surface area contributed by atoms with Crippen LogP contribution in [0.2, 0.25) is 0 Å². The third kappa shape index (κ3) is 2.12. The van der Waals surface area contributed by atoms with Crippen molar-refractivity contribution in [1.82, 2.24) is 0 Å². The molecular formula is C20H20O5. The largest absolute Gasteiger partial charge is 0.454 e. The van der Waals surface area contributed by atoms with Crippen LogP contribution in [0.25, 0.3) is 0 Å². The summed E-state index contributed by atoms with van der Waals surface area (Å²) in [6.07, 6.45) is -0.509. The van der Waals surface area contributed by atoms with Crippen molar-refractivity contribution >= 4 is 0 Å². The minimum atomic E-state index is -0.509. The zero-order valence-corrected chi connectivity index (χ0v) is 14.2. The first-order chi connectivity index (χ1) is 12.1. The maximum Gasteiger partial charge on any atom is 0.231 e. The van der Waals surface area contributed by atoms with E-state index in [1.54, 1.807) is 0 Å². The van der Waals surface area contributed by atoms with Crippen molar-refractivity contribution in [2.24, 2.45) is 11.8 Å². The molecular weight excluding hydrogens is 320 g/mol. The molecule has 5 rings (SSSR count). The summed E-state index contributed by atoms with van der Waals surface area (Å²) in [7, 11) is 0. The molecule has 1 N–H and O–H groups in total. The van der Waals surface area contributed by atoms with E-state index in [1.165, 1.54) is 0 Å². The van der Waals surface area contributed by atoms with Gasteiger partial charge in [0, 0.05) is 5.92 Å². The fraction of sp³-hybridized carbons (Fsp3) is 0.400. The van der Waals surface area contributed by atoms with Gasteiger partial charge in [0.05, 0.1) is 6.10 Å². The van der Waals surface area contributed by atoms with E-state index >= 15 is 0 Å². The molecule has 5 heteroatoms. The Hall–Kier alpha value is -2.40. The summed E-state index contributed by atoms with van der Waals surface area (Å²) in [5.74, 6) is 3.57. The molecule has 2 heterocycles. The Morgan fingerprint density at radius 2 is 1.36 bits per heavy atom. The van der Waals surface area contributed by atoms with Crippen LogP contribution in [0.5, 0.6) is 23.0 Å². The van der Waals surface area contributed by atoms with E-state index < -0.39 is 6.10 Å². The van der Waals surface area contributed by atoms with Crippen LogP contribution >= 0.6 is 0 Å². The van der Waals surface area contributed by atoms with Gasteiger partial charge in [-0.25, -0.2) is 0 Å². The van der Waals surface area contributed by atoms with E-state index in [9.17, 15) is 5.11 Å². The van der Waals surface area contributed by atoms with Gasteiger partial charge in [-0.05, 0) is 52.8 Å². The van der Waals surface area contributed by atoms with Crippen LogP contribution in [-0.4, -0.2) is 18.7 Å². The fourth-order valence-electron chi connectivity index (χ4n) is 4.25. The first kappa shape index (κ1) is 14.9. The van der Waals surface area contributed by atoms with Gasteiger partial charge in [-0.1, -0.05) is 19.9 Å². The number of hydrogen-bond donors (Lipinski definition) is 1. The SMILES string of the molecule is C[C@@H]1[C@@H](c2ccc3c(c2)OCO3)c2cc3c(cc2[C@@H](O)[C@H]1C)OCO3. The van der Waals surface area contributed by atoms with Crippen molar-refractivity contribution in [1.29, 1.82) is 0 Å². The van der Waals surface area contributed by atoms with Crippen LogP contribution < -0.4 is 18.9 Å². The summed E-state index contributed by atoms with van der Waals surface area (Å²) in [5, 5.41) is 10.8. The molecule has 0 spiro atoms. The highest BCUT2D eigenvalue weighted by Crippen LogP contribution is 2.52. The predicted octanol–water partition coefficient (Wildman–Crippen LogP) is 3.60. The van der Waals surface area contributed by atoms with Gasteiger partial charge in [0.25, 0.3) is 0 Å². The average Bonchev–Trinajstić information content (AvgIpc) is 3.26. The Morgan fingerprint density at radius 3 is 2.08 bits per heavy atom. The summed E-state index contributed by atoms with van der Waals surface area (Å²) < 4.78 is 22.1. The second-order valence-electron chi connectivity index (χ2n) is 7.09. The molecule has 1 aliphatic carbocycles. The van der Waals surface area contributed by atoms with Gasteiger partial charge in [-0.3, -0.25) is 0 Å². The molecule has 25 heavy (non-hydrogen) atoms. The van der Waals surface area contributed by atoms with Gasteiger partial charge in [0.2, 0.25) is 13.6 Å². The first-order valence-corrected chi connectivity index (χ1v) is 8.64. The number of hydrogen-bond acceptors (Lipinski definition) is 5. The van der Waals surface area contributed by atoms with Crippen LogP contribution in [0.1, 0.15) is 42.6 Å². The number of benzene rings is 2. The highest BCUT2D eigenvalue weighted by Gasteiger charge is 2.40. The minimum Gasteiger partial charge on any atom is -0.454 e. The summed E-state index contributed by atoms with van der Waals surface area (Å²) in [6.45, 7) is 4.79. The lowest BCUT2D eigenvalue weighted by molar-refractivity contribution is 0.0686. The van der Waals surface area contributed by atoms with Crippen molar-refractivity contribution in [3.05, 3.63) is 47.0 Å². The smallest absolute Gasteiger partial charge is 0.231 e. The molecule has 0 saturated carbocycles. The number of fused-ring (bicyclic) bond motifs is 3. The van der Waals surface area contributed by atoms with Crippen LogP contribution in [0.4, 0.5) is 0 Å². The lowest BCUT2D eigenvalue weighted by atomic mass is 9.66. The van der Waals surface area contributed by atoms with Crippen LogP contribution in [0.3, 0.4) is 0 Å². The van der Waals surface area contributed by atoms with E-state index in [2.05, 4.69) is 26.0 Å². The van der Waals surface area contributed by atoms with E-state index in [0.29, 0.717) is 5.75 Å². The Balaban J connectivity index is 1.67. The number of ether oxygens (including phenoxy) is 4. The van der Waals surface area contributed by atoms with Crippen molar-refractivity contribution in [3.8, 4) is 23.0 Å². The Morgan fingerprint density at radius 1 is 0.760 bits per heavy atom. The molecule has 0 unspecified atom stereocenters. The van der Waals surface area contributed by atoms with E-state index in [4.69, 9.17) is 18.9 Å². The molecule has 130 valence electrons. The molecule has 2 aliphatic heterocycles. The second kappa shape index (κ2) is 5.30. The van der Waals surface area contributed by atoms with Crippen LogP contribution in [0.15, 0.2) is 30.3 Å². The normalized spacial score (nSPS) is 28.8. The Bertz CT molecular complexity index is 846. The zero-order valence-electron chi connectivity index (χ0n) is 14.2. The van der Waals surface area contributed by atoms with Crippen molar-refractivity contribution in [2.45, 2.75) is 25.9 Å². The van der Waals surface area contributed by atoms with Crippen LogP contribution in [0, 0.1) is 11.8 Å². The fourth-order valence-corrected chi connectivity index (χ4v) is 4.25. The van der Waals surface area contributed by atoms with Crippen molar-refractivity contribution in [2.75, 3.05) is 13.6 Å². The summed E-state index contributed by atoms with van der Waals surface area (Å²) in [5.41, 5.74) is 3.19. The highest BCUT2D eigenvalue weighted by molar-refractivity contribution is 5.55. The summed E-state index contributed by atoms with van der Waals surface area (Å²) in [6, 6.07) is 10.1. The first-order valence-electron chi connectivity index (χ1n) is 8.64. The predicted molar refractivity (Wildman–Crippen MR) is 90.3 cm³/mol. The van der Waals surface area contributed by atoms with Gasteiger partial charge in [-0.2, -0.15) is 0 Å². The second-order valence-corrected chi connectivity index (χ2v) is 7.09. The molecule has 0 radical (unpaired) electrons. The monoisotopic (exact) mass is 340 g/mol. The van der Waals surface area contributed by atoms with Crippen molar-refractivity contribution in [3.63, 3.8) is 0 Å². The van der Waals surface area contributed by atoms with Gasteiger partial charge in [0.15, 0.2) is 23.0 Å². The molecule has 0 saturated heterocycles. The third-order valence-corrected chi connectivity index (χ3v) is 5.84. The van der Waals surface area contributed by atoms with E-state index in [1.807, 2.05) is 18.2 Å². The minimum absolute atomic E-state index is 0.128. The van der Waals surface area contributed by atoms with Gasteiger partial charge in [0.1, 0.15) is 0 Å². The van der Waals surface area contributed by atoms with Crippen molar-refractivity contribution < 1.29 is 24.1 Å². The lowest BCUT2D eigenvalue weighted by Crippen LogP contribution is -2.30. The van der Waals surface area contributed by atoms with Crippen LogP contribution in [-0.2, 0) is 0 Å². The zero-order chi connectivity index (χ0) is 17.1. The average molecular weight is 340 g/mol. The maximum atomic E-state index is 10.8. The maximum absolute atomic E-state index is 10.8. The molecule has 2 aromatic carbocycles. The lowest BCUT2D eigenvalue weighted by Gasteiger charge is -2.39. The third-order valence-electron chi connectivity index (χ3n) is 5.84. The molecule has 4 atom stereocenters. The molecule has 0 aromatic heterocycles. The topological polar surface area (TPSA) is 57.2 Å². The standard InChI is InChI=1S/C20H20O5/c1-10-11(2)20(21)14-7-18-17(24-9-25-18)6-13(14)19(10)12-3-4-15-16(5-12)23-8-22-15/h3-7,10-11,19-21H,8-9H2,1-2H3/t10-,11-,19-,20-/m0/s1. The Kier molecular flexibility index (Phi) is 3.16. The molecule has 0 bridgehead atoms. The van der Waals surface area contributed by atoms with E-state index in [-0.39, 0.29) is 31.3 Å². The molecule has 0 amide bonds. The number of aliphatic hydroxyl groups is 1. The quantitative estimate of drug-likeness (QED) is 0.860.